The predicted octanol–water partition coefficient (Wildman–Crippen LogP) is 3.91. The van der Waals surface area contributed by atoms with Gasteiger partial charge in [0.15, 0.2) is 0 Å². The molecule has 168 valence electrons. The molecule has 1 aromatic carbocycles. The van der Waals surface area contributed by atoms with Crippen LogP contribution < -0.4 is 4.90 Å². The number of hydrogen-bond donors (Lipinski definition) is 1. The van der Waals surface area contributed by atoms with Crippen LogP contribution in [0.4, 0.5) is 5.82 Å². The monoisotopic (exact) mass is 440 g/mol. The third kappa shape index (κ3) is 2.98. The van der Waals surface area contributed by atoms with E-state index in [9.17, 15) is 15.2 Å². The van der Waals surface area contributed by atoms with E-state index in [1.54, 1.807) is 12.1 Å². The van der Waals surface area contributed by atoms with E-state index in [2.05, 4.69) is 17.5 Å². The van der Waals surface area contributed by atoms with Crippen LogP contribution in [-0.4, -0.2) is 47.1 Å². The third-order valence-electron chi connectivity index (χ3n) is 8.31. The highest BCUT2D eigenvalue weighted by atomic mass is 16.3. The molecular formula is C27H28N4O2. The van der Waals surface area contributed by atoms with Crippen LogP contribution in [0.2, 0.25) is 0 Å². The van der Waals surface area contributed by atoms with Gasteiger partial charge in [0.25, 0.3) is 0 Å². The molecule has 6 heteroatoms. The zero-order chi connectivity index (χ0) is 22.9. The minimum atomic E-state index is -0.00937. The fraction of sp³-hybridized carbons (Fsp3) is 0.444. The normalized spacial score (nSPS) is 24.0. The van der Waals surface area contributed by atoms with Gasteiger partial charge in [-0.3, -0.25) is 4.79 Å². The van der Waals surface area contributed by atoms with Crippen LogP contribution in [0.25, 0.3) is 11.1 Å². The number of nitrogens with zero attached hydrogens (tertiary/aromatic N) is 4. The lowest BCUT2D eigenvalue weighted by atomic mass is 9.63. The van der Waals surface area contributed by atoms with Crippen LogP contribution in [0, 0.1) is 29.6 Å². The molecule has 3 fully saturated rings. The molecule has 1 saturated carbocycles. The summed E-state index contributed by atoms with van der Waals surface area (Å²) in [5.41, 5.74) is 6.02. The van der Waals surface area contributed by atoms with E-state index in [1.807, 2.05) is 17.9 Å². The van der Waals surface area contributed by atoms with Gasteiger partial charge in [-0.05, 0) is 73.4 Å². The van der Waals surface area contributed by atoms with Crippen LogP contribution in [0.5, 0.6) is 5.75 Å². The Hall–Kier alpha value is -3.33. The second-order valence-corrected chi connectivity index (χ2v) is 10.5. The number of rotatable bonds is 3. The zero-order valence-corrected chi connectivity index (χ0v) is 19.0. The molecule has 7 rings (SSSR count). The number of aromatic nitrogens is 1. The first-order chi connectivity index (χ1) is 15.9. The maximum absolute atomic E-state index is 12.0. The van der Waals surface area contributed by atoms with Gasteiger partial charge in [0.2, 0.25) is 5.91 Å². The van der Waals surface area contributed by atoms with Crippen molar-refractivity contribution in [2.45, 2.75) is 38.5 Å². The number of carbonyl (C=O) groups excluding carboxylic acids is 1. The van der Waals surface area contributed by atoms with Gasteiger partial charge in [-0.15, -0.1) is 0 Å². The molecule has 0 radical (unpaired) electrons. The molecule has 2 bridgehead atoms. The second kappa shape index (κ2) is 7.08. The molecule has 1 spiro atoms. The van der Waals surface area contributed by atoms with E-state index in [0.29, 0.717) is 17.4 Å². The summed E-state index contributed by atoms with van der Waals surface area (Å²) in [4.78, 5) is 21.2. The van der Waals surface area contributed by atoms with Gasteiger partial charge in [0, 0.05) is 48.8 Å². The molecule has 3 aliphatic carbocycles. The average molecular weight is 441 g/mol. The van der Waals surface area contributed by atoms with Gasteiger partial charge in [-0.25, -0.2) is 4.98 Å². The molecule has 2 aliphatic heterocycles. The van der Waals surface area contributed by atoms with Gasteiger partial charge >= 0.3 is 0 Å². The molecule has 5 aliphatic rings. The van der Waals surface area contributed by atoms with Crippen molar-refractivity contribution in [1.29, 1.82) is 5.26 Å². The number of aromatic hydroxyl groups is 1. The molecule has 1 aromatic heterocycles. The Labute approximate surface area is 194 Å². The number of pyridine rings is 1. The number of benzene rings is 1. The zero-order valence-electron chi connectivity index (χ0n) is 19.0. The minimum Gasteiger partial charge on any atom is -0.508 e. The van der Waals surface area contributed by atoms with Crippen LogP contribution >= 0.6 is 0 Å². The standard InChI is InChI=1S/C27H28N4O2/c1-3-23(33)31-14-27(15-31)6-7-30(13-27)26-22(12-28)24(20-11-19(32)5-4-16(20)2)21-10-17-8-18(9-17)25(21)29-26/h3-5,11,17-18,32H,1,6-10,13-15H2,2H3. The minimum absolute atomic E-state index is 0.00937. The third-order valence-corrected chi connectivity index (χ3v) is 8.31. The Morgan fingerprint density at radius 2 is 2.12 bits per heavy atom. The first kappa shape index (κ1) is 20.3. The first-order valence-electron chi connectivity index (χ1n) is 11.8. The highest BCUT2D eigenvalue weighted by Gasteiger charge is 2.50. The quantitative estimate of drug-likeness (QED) is 0.732. The Morgan fingerprint density at radius 1 is 1.33 bits per heavy atom. The molecule has 0 unspecified atom stereocenters. The van der Waals surface area contributed by atoms with Gasteiger partial charge in [-0.1, -0.05) is 12.6 Å². The molecule has 3 heterocycles. The summed E-state index contributed by atoms with van der Waals surface area (Å²) in [5.74, 6) is 2.14. The number of phenolic OH excluding ortho intramolecular Hbond substituents is 1. The summed E-state index contributed by atoms with van der Waals surface area (Å²) in [7, 11) is 0. The maximum Gasteiger partial charge on any atom is 0.245 e. The van der Waals surface area contributed by atoms with Crippen LogP contribution in [0.15, 0.2) is 30.9 Å². The largest absolute Gasteiger partial charge is 0.508 e. The van der Waals surface area contributed by atoms with Crippen LogP contribution in [0.3, 0.4) is 0 Å². The maximum atomic E-state index is 12.0. The molecule has 2 aromatic rings. The predicted molar refractivity (Wildman–Crippen MR) is 126 cm³/mol. The molecule has 1 N–H and O–H groups in total. The summed E-state index contributed by atoms with van der Waals surface area (Å²) in [6, 6.07) is 7.92. The number of anilines is 1. The van der Waals surface area contributed by atoms with Gasteiger partial charge in [0.05, 0.1) is 0 Å². The Morgan fingerprint density at radius 3 is 2.85 bits per heavy atom. The SMILES string of the molecule is C=CC(=O)N1CC2(CCN(c3nc4c(c(-c5cc(O)ccc5C)c3C#N)CC3CC4C3)C2)C1. The molecule has 33 heavy (non-hydrogen) atoms. The lowest BCUT2D eigenvalue weighted by molar-refractivity contribution is -0.136. The molecular weight excluding hydrogens is 412 g/mol. The van der Waals surface area contributed by atoms with Crippen LogP contribution in [-0.2, 0) is 11.2 Å². The number of likely N-dealkylation sites (tertiary alicyclic amines) is 1. The average Bonchev–Trinajstić information content (AvgIpc) is 3.22. The van der Waals surface area contributed by atoms with Crippen molar-refractivity contribution >= 4 is 11.7 Å². The van der Waals surface area contributed by atoms with Crippen molar-refractivity contribution < 1.29 is 9.90 Å². The van der Waals surface area contributed by atoms with E-state index in [1.165, 1.54) is 24.5 Å². The fourth-order valence-electron chi connectivity index (χ4n) is 6.52. The number of carbonyl (C=O) groups is 1. The van der Waals surface area contributed by atoms with Crippen LogP contribution in [0.1, 0.15) is 47.6 Å². The lowest BCUT2D eigenvalue weighted by Gasteiger charge is -2.47. The van der Waals surface area contributed by atoms with E-state index in [4.69, 9.17) is 4.98 Å². The summed E-state index contributed by atoms with van der Waals surface area (Å²) < 4.78 is 0. The van der Waals surface area contributed by atoms with E-state index in [-0.39, 0.29) is 17.1 Å². The van der Waals surface area contributed by atoms with Crippen molar-refractivity contribution in [3.8, 4) is 22.9 Å². The fourth-order valence-corrected chi connectivity index (χ4v) is 6.52. The topological polar surface area (TPSA) is 80.5 Å². The van der Waals surface area contributed by atoms with E-state index >= 15 is 0 Å². The van der Waals surface area contributed by atoms with Crippen molar-refractivity contribution in [3.05, 3.63) is 53.2 Å². The summed E-state index contributed by atoms with van der Waals surface area (Å²) in [6.07, 6.45) is 5.71. The molecule has 6 nitrogen and oxygen atoms in total. The highest BCUT2D eigenvalue weighted by molar-refractivity contribution is 5.88. The number of nitriles is 1. The summed E-state index contributed by atoms with van der Waals surface area (Å²) in [6.45, 7) is 8.76. The molecule has 0 atom stereocenters. The van der Waals surface area contributed by atoms with Crippen molar-refractivity contribution in [1.82, 2.24) is 9.88 Å². The smallest absolute Gasteiger partial charge is 0.245 e. The van der Waals surface area contributed by atoms with Gasteiger partial charge in [-0.2, -0.15) is 5.26 Å². The Kier molecular flexibility index (Phi) is 4.35. The van der Waals surface area contributed by atoms with Crippen molar-refractivity contribution in [3.63, 3.8) is 0 Å². The van der Waals surface area contributed by atoms with Gasteiger partial charge in [0.1, 0.15) is 23.2 Å². The molecule has 1 amide bonds. The molecule has 2 saturated heterocycles. The number of phenols is 1. The lowest BCUT2D eigenvalue weighted by Crippen LogP contribution is -2.59. The summed E-state index contributed by atoms with van der Waals surface area (Å²) >= 11 is 0. The van der Waals surface area contributed by atoms with Gasteiger partial charge < -0.3 is 14.9 Å². The second-order valence-electron chi connectivity index (χ2n) is 10.5. The highest BCUT2D eigenvalue weighted by Crippen LogP contribution is 2.53. The summed E-state index contributed by atoms with van der Waals surface area (Å²) in [5, 5.41) is 20.6. The van der Waals surface area contributed by atoms with E-state index < -0.39 is 0 Å². The number of hydrogen-bond acceptors (Lipinski definition) is 5. The number of aryl methyl sites for hydroxylation is 1. The number of amides is 1. The Balaban J connectivity index is 1.44. The Bertz CT molecular complexity index is 1230. The van der Waals surface area contributed by atoms with E-state index in [0.717, 1.165) is 67.2 Å². The van der Waals surface area contributed by atoms with Crippen molar-refractivity contribution in [2.24, 2.45) is 11.3 Å². The first-order valence-corrected chi connectivity index (χ1v) is 11.8. The van der Waals surface area contributed by atoms with Crippen molar-refractivity contribution in [2.75, 3.05) is 31.1 Å².